The zero-order valence-corrected chi connectivity index (χ0v) is 17.0. The van der Waals surface area contributed by atoms with Crippen LogP contribution in [0.1, 0.15) is 0 Å². The molecule has 0 radical (unpaired) electrons. The summed E-state index contributed by atoms with van der Waals surface area (Å²) in [6.45, 7) is 0. The Balaban J connectivity index is 1.83. The molecule has 150 valence electrons. The number of methoxy groups -OCH3 is 3. The lowest BCUT2D eigenvalue weighted by atomic mass is 10.0. The number of ether oxygens (including phenoxy) is 3. The molecular formula is C24H21N3O3. The molecule has 0 saturated carbocycles. The van der Waals surface area contributed by atoms with Crippen LogP contribution < -0.4 is 14.2 Å². The third-order valence-corrected chi connectivity index (χ3v) is 4.76. The van der Waals surface area contributed by atoms with Crippen molar-refractivity contribution in [2.45, 2.75) is 0 Å². The van der Waals surface area contributed by atoms with Gasteiger partial charge in [-0.3, -0.25) is 0 Å². The van der Waals surface area contributed by atoms with Crippen molar-refractivity contribution in [3.63, 3.8) is 0 Å². The average molecular weight is 399 g/mol. The lowest BCUT2D eigenvalue weighted by Gasteiger charge is -2.11. The van der Waals surface area contributed by atoms with E-state index >= 15 is 0 Å². The maximum atomic E-state index is 5.29. The van der Waals surface area contributed by atoms with Gasteiger partial charge >= 0.3 is 0 Å². The zero-order chi connectivity index (χ0) is 20.9. The van der Waals surface area contributed by atoms with E-state index in [-0.39, 0.29) is 0 Å². The van der Waals surface area contributed by atoms with Crippen LogP contribution in [0.3, 0.4) is 0 Å². The van der Waals surface area contributed by atoms with E-state index in [0.717, 1.165) is 39.6 Å². The molecule has 6 nitrogen and oxygen atoms in total. The second-order valence-corrected chi connectivity index (χ2v) is 6.52. The first kappa shape index (κ1) is 19.4. The fraction of sp³-hybridized carbons (Fsp3) is 0.125. The maximum Gasteiger partial charge on any atom is 0.182 e. The molecule has 0 spiro atoms. The summed E-state index contributed by atoms with van der Waals surface area (Å²) < 4.78 is 15.8. The van der Waals surface area contributed by atoms with Crippen molar-refractivity contribution in [1.29, 1.82) is 0 Å². The van der Waals surface area contributed by atoms with Crippen LogP contribution in [0, 0.1) is 0 Å². The predicted molar refractivity (Wildman–Crippen MR) is 116 cm³/mol. The van der Waals surface area contributed by atoms with Crippen molar-refractivity contribution in [2.24, 2.45) is 0 Å². The molecule has 0 bridgehead atoms. The van der Waals surface area contributed by atoms with E-state index in [0.29, 0.717) is 11.5 Å². The number of nitrogens with zero attached hydrogens (tertiary/aromatic N) is 3. The second kappa shape index (κ2) is 8.61. The zero-order valence-electron chi connectivity index (χ0n) is 17.0. The van der Waals surface area contributed by atoms with E-state index < -0.39 is 0 Å². The van der Waals surface area contributed by atoms with Gasteiger partial charge < -0.3 is 14.2 Å². The Morgan fingerprint density at radius 1 is 0.467 bits per heavy atom. The number of benzene rings is 3. The molecule has 3 aromatic carbocycles. The summed E-state index contributed by atoms with van der Waals surface area (Å²) in [4.78, 5) is 4.86. The summed E-state index contributed by atoms with van der Waals surface area (Å²) in [6.07, 6.45) is 0. The molecule has 30 heavy (non-hydrogen) atoms. The van der Waals surface area contributed by atoms with Crippen LogP contribution in [0.5, 0.6) is 17.2 Å². The van der Waals surface area contributed by atoms with Crippen LogP contribution in [0.15, 0.2) is 72.8 Å². The van der Waals surface area contributed by atoms with Crippen LogP contribution in [0.4, 0.5) is 0 Å². The average Bonchev–Trinajstić information content (AvgIpc) is 2.84. The molecule has 6 heteroatoms. The molecule has 0 amide bonds. The molecule has 4 aromatic rings. The standard InChI is InChI=1S/C24H21N3O3/c1-28-19-10-4-16(5-11-19)22-23(17-6-12-20(29-2)13-7-17)26-27-24(25-22)18-8-14-21(30-3)15-9-18/h4-15H,1-3H3. The van der Waals surface area contributed by atoms with E-state index in [1.54, 1.807) is 21.3 Å². The summed E-state index contributed by atoms with van der Waals surface area (Å²) >= 11 is 0. The van der Waals surface area contributed by atoms with Gasteiger partial charge in [-0.1, -0.05) is 0 Å². The van der Waals surface area contributed by atoms with E-state index in [1.165, 1.54) is 0 Å². The Bertz CT molecular complexity index is 1130. The van der Waals surface area contributed by atoms with Crippen molar-refractivity contribution in [1.82, 2.24) is 15.2 Å². The summed E-state index contributed by atoms with van der Waals surface area (Å²) in [5.41, 5.74) is 4.12. The third-order valence-electron chi connectivity index (χ3n) is 4.76. The van der Waals surface area contributed by atoms with Gasteiger partial charge in [0.15, 0.2) is 5.82 Å². The minimum Gasteiger partial charge on any atom is -0.497 e. The predicted octanol–water partition coefficient (Wildman–Crippen LogP) is 4.90. The monoisotopic (exact) mass is 399 g/mol. The SMILES string of the molecule is COc1ccc(-c2nnc(-c3ccc(OC)cc3)c(-c3ccc(OC)cc3)n2)cc1. The minimum atomic E-state index is 0.542. The van der Waals surface area contributed by atoms with Crippen LogP contribution in [-0.2, 0) is 0 Å². The topological polar surface area (TPSA) is 66.4 Å². The molecule has 4 rings (SSSR count). The molecule has 0 fully saturated rings. The Morgan fingerprint density at radius 2 is 0.867 bits per heavy atom. The molecule has 0 N–H and O–H groups in total. The summed E-state index contributed by atoms with van der Waals surface area (Å²) in [7, 11) is 4.92. The number of hydrogen-bond donors (Lipinski definition) is 0. The molecule has 0 unspecified atom stereocenters. The van der Waals surface area contributed by atoms with Gasteiger partial charge in [-0.2, -0.15) is 0 Å². The van der Waals surface area contributed by atoms with Crippen molar-refractivity contribution in [2.75, 3.05) is 21.3 Å². The smallest absolute Gasteiger partial charge is 0.182 e. The van der Waals surface area contributed by atoms with Gasteiger partial charge in [0, 0.05) is 16.7 Å². The highest BCUT2D eigenvalue weighted by Gasteiger charge is 2.15. The van der Waals surface area contributed by atoms with Crippen LogP contribution in [0.25, 0.3) is 33.9 Å². The highest BCUT2D eigenvalue weighted by Crippen LogP contribution is 2.32. The van der Waals surface area contributed by atoms with Crippen LogP contribution in [0.2, 0.25) is 0 Å². The summed E-state index contributed by atoms with van der Waals surface area (Å²) in [6, 6.07) is 23.0. The fourth-order valence-electron chi connectivity index (χ4n) is 3.08. The van der Waals surface area contributed by atoms with Gasteiger partial charge in [0.1, 0.15) is 28.6 Å². The van der Waals surface area contributed by atoms with Gasteiger partial charge in [-0.05, 0) is 72.8 Å². The first-order valence-corrected chi connectivity index (χ1v) is 9.40. The Morgan fingerprint density at radius 3 is 1.30 bits per heavy atom. The second-order valence-electron chi connectivity index (χ2n) is 6.52. The number of hydrogen-bond acceptors (Lipinski definition) is 6. The van der Waals surface area contributed by atoms with E-state index in [9.17, 15) is 0 Å². The van der Waals surface area contributed by atoms with Crippen molar-refractivity contribution in [3.05, 3.63) is 72.8 Å². The summed E-state index contributed by atoms with van der Waals surface area (Å²) in [5.74, 6) is 2.88. The van der Waals surface area contributed by atoms with E-state index in [2.05, 4.69) is 10.2 Å². The fourth-order valence-corrected chi connectivity index (χ4v) is 3.08. The molecule has 1 aromatic heterocycles. The summed E-state index contributed by atoms with van der Waals surface area (Å²) in [5, 5.41) is 8.91. The van der Waals surface area contributed by atoms with E-state index in [4.69, 9.17) is 19.2 Å². The molecular weight excluding hydrogens is 378 g/mol. The molecule has 0 aliphatic heterocycles. The van der Waals surface area contributed by atoms with Gasteiger partial charge in [0.2, 0.25) is 0 Å². The van der Waals surface area contributed by atoms with Crippen LogP contribution in [-0.4, -0.2) is 36.5 Å². The quantitative estimate of drug-likeness (QED) is 0.459. The van der Waals surface area contributed by atoms with Crippen molar-refractivity contribution < 1.29 is 14.2 Å². The highest BCUT2D eigenvalue weighted by molar-refractivity contribution is 5.79. The third kappa shape index (κ3) is 3.93. The first-order valence-electron chi connectivity index (χ1n) is 9.40. The lowest BCUT2D eigenvalue weighted by molar-refractivity contribution is 0.414. The highest BCUT2D eigenvalue weighted by atomic mass is 16.5. The Labute approximate surface area is 175 Å². The molecule has 0 atom stereocenters. The maximum absolute atomic E-state index is 5.29. The van der Waals surface area contributed by atoms with Gasteiger partial charge in [-0.25, -0.2) is 4.98 Å². The van der Waals surface area contributed by atoms with Crippen LogP contribution >= 0.6 is 0 Å². The minimum absolute atomic E-state index is 0.542. The largest absolute Gasteiger partial charge is 0.497 e. The number of aromatic nitrogens is 3. The lowest BCUT2D eigenvalue weighted by Crippen LogP contribution is -2.00. The molecule has 1 heterocycles. The number of rotatable bonds is 6. The molecule has 0 saturated heterocycles. The Kier molecular flexibility index (Phi) is 5.57. The van der Waals surface area contributed by atoms with Crippen molar-refractivity contribution >= 4 is 0 Å². The molecule has 0 aliphatic carbocycles. The first-order chi connectivity index (χ1) is 14.7. The molecule has 0 aliphatic rings. The normalized spacial score (nSPS) is 10.5. The van der Waals surface area contributed by atoms with Crippen molar-refractivity contribution in [3.8, 4) is 51.2 Å². The van der Waals surface area contributed by atoms with Gasteiger partial charge in [-0.15, -0.1) is 10.2 Å². The Hall–Kier alpha value is -3.93. The van der Waals surface area contributed by atoms with E-state index in [1.807, 2.05) is 72.8 Å². The van der Waals surface area contributed by atoms with Gasteiger partial charge in [0.25, 0.3) is 0 Å². The van der Waals surface area contributed by atoms with Gasteiger partial charge in [0.05, 0.1) is 21.3 Å².